The van der Waals surface area contributed by atoms with Gasteiger partial charge in [0.25, 0.3) is 0 Å². The minimum absolute atomic E-state index is 0.00146. The van der Waals surface area contributed by atoms with Crippen LogP contribution in [-0.4, -0.2) is 36.4 Å². The fourth-order valence-electron chi connectivity index (χ4n) is 1.43. The number of hydrogen-bond acceptors (Lipinski definition) is 6. The largest absolute Gasteiger partial charge is 0.513 e. The van der Waals surface area contributed by atoms with Gasteiger partial charge in [0.15, 0.2) is 5.75 Å². The third kappa shape index (κ3) is 6.84. The van der Waals surface area contributed by atoms with E-state index in [1.807, 2.05) is 0 Å². The van der Waals surface area contributed by atoms with E-state index in [1.165, 1.54) is 18.2 Å². The average Bonchev–Trinajstić information content (AvgIpc) is 2.52. The minimum atomic E-state index is -1.14. The number of unbranched alkanes of at least 4 members (excludes halogenated alkanes) is 1. The minimum Gasteiger partial charge on any atom is -0.478 e. The van der Waals surface area contributed by atoms with Gasteiger partial charge in [0.2, 0.25) is 0 Å². The molecule has 0 heterocycles. The fourth-order valence-corrected chi connectivity index (χ4v) is 1.65. The molecule has 8 heteroatoms. The van der Waals surface area contributed by atoms with Crippen LogP contribution in [0.15, 0.2) is 30.9 Å². The number of carbonyl (C=O) groups is 3. The lowest BCUT2D eigenvalue weighted by atomic mass is 10.2. The molecule has 0 saturated carbocycles. The Morgan fingerprint density at radius 3 is 2.39 bits per heavy atom. The summed E-state index contributed by atoms with van der Waals surface area (Å²) in [4.78, 5) is 33.0. The Hall–Kier alpha value is -2.54. The molecule has 0 spiro atoms. The second-order valence-corrected chi connectivity index (χ2v) is 4.64. The Morgan fingerprint density at radius 1 is 1.17 bits per heavy atom. The lowest BCUT2D eigenvalue weighted by Crippen LogP contribution is -2.12. The van der Waals surface area contributed by atoms with Gasteiger partial charge in [-0.2, -0.15) is 0 Å². The SMILES string of the molecule is C=CC(=O)OCCCCOC(=O)Oc1ccc(C(=O)O)cc1Cl. The lowest BCUT2D eigenvalue weighted by molar-refractivity contribution is -0.137. The topological polar surface area (TPSA) is 99.1 Å². The number of esters is 1. The highest BCUT2D eigenvalue weighted by molar-refractivity contribution is 6.32. The second-order valence-electron chi connectivity index (χ2n) is 4.23. The number of hydrogen-bond donors (Lipinski definition) is 1. The van der Waals surface area contributed by atoms with Crippen molar-refractivity contribution in [2.45, 2.75) is 12.8 Å². The van der Waals surface area contributed by atoms with E-state index in [4.69, 9.17) is 30.9 Å². The van der Waals surface area contributed by atoms with E-state index in [-0.39, 0.29) is 29.5 Å². The number of ether oxygens (including phenoxy) is 3. The number of benzene rings is 1. The van der Waals surface area contributed by atoms with Crippen LogP contribution < -0.4 is 4.74 Å². The number of carbonyl (C=O) groups excluding carboxylic acids is 2. The van der Waals surface area contributed by atoms with Crippen LogP contribution >= 0.6 is 11.6 Å². The van der Waals surface area contributed by atoms with Gasteiger partial charge in [-0.1, -0.05) is 18.2 Å². The van der Waals surface area contributed by atoms with Crippen LogP contribution in [0.3, 0.4) is 0 Å². The van der Waals surface area contributed by atoms with Crippen LogP contribution in [-0.2, 0) is 14.3 Å². The third-order valence-corrected chi connectivity index (χ3v) is 2.84. The molecular weight excluding hydrogens is 328 g/mol. The van der Waals surface area contributed by atoms with Gasteiger partial charge < -0.3 is 19.3 Å². The third-order valence-electron chi connectivity index (χ3n) is 2.54. The van der Waals surface area contributed by atoms with Crippen molar-refractivity contribution in [1.82, 2.24) is 0 Å². The molecule has 7 nitrogen and oxygen atoms in total. The number of carboxylic acid groups (broad SMARTS) is 1. The van der Waals surface area contributed by atoms with Gasteiger partial charge in [-0.05, 0) is 31.0 Å². The monoisotopic (exact) mass is 342 g/mol. The highest BCUT2D eigenvalue weighted by Crippen LogP contribution is 2.25. The molecular formula is C15H15ClO7. The summed E-state index contributed by atoms with van der Waals surface area (Å²) in [7, 11) is 0. The first-order valence-electron chi connectivity index (χ1n) is 6.60. The van der Waals surface area contributed by atoms with E-state index < -0.39 is 18.1 Å². The molecule has 1 N–H and O–H groups in total. The summed E-state index contributed by atoms with van der Waals surface area (Å²) in [6, 6.07) is 3.69. The Morgan fingerprint density at radius 2 is 1.83 bits per heavy atom. The first-order valence-corrected chi connectivity index (χ1v) is 6.98. The molecule has 0 aromatic heterocycles. The van der Waals surface area contributed by atoms with Crippen molar-refractivity contribution < 1.29 is 33.7 Å². The van der Waals surface area contributed by atoms with Crippen molar-refractivity contribution >= 4 is 29.7 Å². The zero-order chi connectivity index (χ0) is 17.2. The van der Waals surface area contributed by atoms with Crippen LogP contribution in [0.5, 0.6) is 5.75 Å². The van der Waals surface area contributed by atoms with E-state index in [2.05, 4.69) is 6.58 Å². The molecule has 0 fully saturated rings. The maximum absolute atomic E-state index is 11.5. The predicted molar refractivity (Wildman–Crippen MR) is 80.8 cm³/mol. The summed E-state index contributed by atoms with van der Waals surface area (Å²) in [5, 5.41) is 8.78. The van der Waals surface area contributed by atoms with Crippen molar-refractivity contribution in [1.29, 1.82) is 0 Å². The lowest BCUT2D eigenvalue weighted by Gasteiger charge is -2.08. The molecule has 0 unspecified atom stereocenters. The number of halogens is 1. The molecule has 23 heavy (non-hydrogen) atoms. The molecule has 0 amide bonds. The maximum Gasteiger partial charge on any atom is 0.513 e. The highest BCUT2D eigenvalue weighted by Gasteiger charge is 2.12. The Balaban J connectivity index is 2.30. The van der Waals surface area contributed by atoms with E-state index in [0.717, 1.165) is 6.08 Å². The van der Waals surface area contributed by atoms with Crippen LogP contribution in [0.2, 0.25) is 5.02 Å². The van der Waals surface area contributed by atoms with Crippen LogP contribution in [0.1, 0.15) is 23.2 Å². The fraction of sp³-hybridized carbons (Fsp3) is 0.267. The number of carboxylic acids is 1. The quantitative estimate of drug-likeness (QED) is 0.335. The van der Waals surface area contributed by atoms with Gasteiger partial charge in [0.1, 0.15) is 0 Å². The van der Waals surface area contributed by atoms with E-state index in [9.17, 15) is 14.4 Å². The van der Waals surface area contributed by atoms with Crippen molar-refractivity contribution in [3.05, 3.63) is 41.4 Å². The normalized spacial score (nSPS) is 9.78. The van der Waals surface area contributed by atoms with Gasteiger partial charge in [-0.3, -0.25) is 0 Å². The predicted octanol–water partition coefficient (Wildman–Crippen LogP) is 3.06. The summed E-state index contributed by atoms with van der Waals surface area (Å²) in [5.41, 5.74) is -0.0233. The molecule has 1 aromatic carbocycles. The Bertz CT molecular complexity index is 597. The van der Waals surface area contributed by atoms with Crippen molar-refractivity contribution in [2.24, 2.45) is 0 Å². The Kier molecular flexibility index (Phi) is 7.62. The Labute approximate surface area is 137 Å². The van der Waals surface area contributed by atoms with E-state index >= 15 is 0 Å². The van der Waals surface area contributed by atoms with Crippen molar-refractivity contribution in [3.63, 3.8) is 0 Å². The van der Waals surface area contributed by atoms with Crippen LogP contribution in [0, 0.1) is 0 Å². The molecule has 0 bridgehead atoms. The second kappa shape index (κ2) is 9.47. The van der Waals surface area contributed by atoms with Gasteiger partial charge in [-0.15, -0.1) is 0 Å². The zero-order valence-corrected chi connectivity index (χ0v) is 12.9. The van der Waals surface area contributed by atoms with Gasteiger partial charge in [-0.25, -0.2) is 14.4 Å². The van der Waals surface area contributed by atoms with Gasteiger partial charge >= 0.3 is 18.1 Å². The molecule has 0 aliphatic heterocycles. The van der Waals surface area contributed by atoms with Crippen LogP contribution in [0.4, 0.5) is 4.79 Å². The van der Waals surface area contributed by atoms with Gasteiger partial charge in [0, 0.05) is 6.08 Å². The van der Waals surface area contributed by atoms with E-state index in [1.54, 1.807) is 0 Å². The standard InChI is InChI=1S/C15H15ClO7/c1-2-13(17)21-7-3-4-8-22-15(20)23-12-6-5-10(14(18)19)9-11(12)16/h2,5-6,9H,1,3-4,7-8H2,(H,18,19). The molecule has 0 aliphatic carbocycles. The summed E-state index contributed by atoms with van der Waals surface area (Å²) in [6.07, 6.45) is 1.09. The molecule has 124 valence electrons. The van der Waals surface area contributed by atoms with E-state index in [0.29, 0.717) is 12.8 Å². The van der Waals surface area contributed by atoms with Gasteiger partial charge in [0.05, 0.1) is 23.8 Å². The van der Waals surface area contributed by atoms with Crippen LogP contribution in [0.25, 0.3) is 0 Å². The molecule has 0 aliphatic rings. The zero-order valence-electron chi connectivity index (χ0n) is 12.1. The molecule has 1 aromatic rings. The maximum atomic E-state index is 11.5. The summed E-state index contributed by atoms with van der Waals surface area (Å²) in [6.45, 7) is 3.54. The molecule has 0 atom stereocenters. The first-order chi connectivity index (χ1) is 10.9. The smallest absolute Gasteiger partial charge is 0.478 e. The molecule has 0 radical (unpaired) electrons. The number of aromatic carboxylic acids is 1. The highest BCUT2D eigenvalue weighted by atomic mass is 35.5. The summed E-state index contributed by atoms with van der Waals surface area (Å²) >= 11 is 5.81. The molecule has 1 rings (SSSR count). The number of rotatable bonds is 8. The summed E-state index contributed by atoms with van der Waals surface area (Å²) < 4.78 is 14.4. The average molecular weight is 343 g/mol. The first kappa shape index (κ1) is 18.5. The summed E-state index contributed by atoms with van der Waals surface area (Å²) in [5.74, 6) is -1.65. The molecule has 0 saturated heterocycles. The van der Waals surface area contributed by atoms with Crippen molar-refractivity contribution in [2.75, 3.05) is 13.2 Å². The van der Waals surface area contributed by atoms with Crippen molar-refractivity contribution in [3.8, 4) is 5.75 Å².